The maximum Gasteiger partial charge on any atom is 0.206 e. The minimum absolute atomic E-state index is 0.0200. The van der Waals surface area contributed by atoms with Gasteiger partial charge in [0.15, 0.2) is 11.6 Å². The highest BCUT2D eigenvalue weighted by molar-refractivity contribution is 6.27. The Kier molecular flexibility index (Phi) is 3.34. The van der Waals surface area contributed by atoms with E-state index in [9.17, 15) is 14.4 Å². The molecule has 0 spiro atoms. The van der Waals surface area contributed by atoms with E-state index >= 15 is 0 Å². The molecule has 0 amide bonds. The Morgan fingerprint density at radius 1 is 1.00 bits per heavy atom. The van der Waals surface area contributed by atoms with Crippen molar-refractivity contribution in [2.75, 3.05) is 0 Å². The first-order valence-corrected chi connectivity index (χ1v) is 8.17. The molecule has 1 aromatic heterocycles. The van der Waals surface area contributed by atoms with Crippen molar-refractivity contribution in [3.8, 4) is 0 Å². The van der Waals surface area contributed by atoms with Crippen LogP contribution >= 0.6 is 0 Å². The van der Waals surface area contributed by atoms with Crippen molar-refractivity contribution in [2.45, 2.75) is 32.7 Å². The molecule has 0 aliphatic heterocycles. The van der Waals surface area contributed by atoms with Crippen molar-refractivity contribution in [3.63, 3.8) is 0 Å². The summed E-state index contributed by atoms with van der Waals surface area (Å²) in [6.45, 7) is 2.15. The molecular weight excluding hydrogens is 302 g/mol. The summed E-state index contributed by atoms with van der Waals surface area (Å²) >= 11 is 0. The number of benzene rings is 1. The summed E-state index contributed by atoms with van der Waals surface area (Å²) in [5.74, 6) is -0.392. The number of allylic oxidation sites excluding steroid dienone is 2. The highest BCUT2D eigenvalue weighted by Gasteiger charge is 2.37. The van der Waals surface area contributed by atoms with E-state index in [0.29, 0.717) is 35.4 Å². The van der Waals surface area contributed by atoms with Crippen molar-refractivity contribution in [1.82, 2.24) is 4.57 Å². The number of nitrogens with zero attached hydrogens (tertiary/aromatic N) is 1. The highest BCUT2D eigenvalue weighted by Crippen LogP contribution is 2.35. The van der Waals surface area contributed by atoms with Gasteiger partial charge in [0, 0.05) is 24.2 Å². The molecule has 2 aliphatic carbocycles. The molecule has 120 valence electrons. The maximum atomic E-state index is 12.7. The number of aromatic nitrogens is 1. The van der Waals surface area contributed by atoms with Gasteiger partial charge in [0.05, 0.1) is 11.1 Å². The molecule has 1 heterocycles. The second-order valence-corrected chi connectivity index (χ2v) is 6.41. The summed E-state index contributed by atoms with van der Waals surface area (Å²) in [6.07, 6.45) is 3.29. The standard InChI is InChI=1S/C20H17NO3/c1-12-10-16(23)18-17-14(8-5-9-15(17)22)21(19(18)20(12)24)11-13-6-3-2-4-7-13/h2-4,6-7,10H,5,8-9,11H2,1H3. The van der Waals surface area contributed by atoms with Crippen LogP contribution < -0.4 is 0 Å². The monoisotopic (exact) mass is 319 g/mol. The third-order valence-corrected chi connectivity index (χ3v) is 4.82. The Hall–Kier alpha value is -2.75. The van der Waals surface area contributed by atoms with E-state index in [1.165, 1.54) is 6.08 Å². The van der Waals surface area contributed by atoms with Crippen molar-refractivity contribution in [1.29, 1.82) is 0 Å². The number of hydrogen-bond donors (Lipinski definition) is 0. The van der Waals surface area contributed by atoms with Gasteiger partial charge in [-0.3, -0.25) is 14.4 Å². The number of carbonyl (C=O) groups excluding carboxylic acids is 3. The normalized spacial score (nSPS) is 16.7. The molecule has 0 atom stereocenters. The van der Waals surface area contributed by atoms with Gasteiger partial charge in [0.1, 0.15) is 5.69 Å². The van der Waals surface area contributed by atoms with Crippen LogP contribution in [0.2, 0.25) is 0 Å². The van der Waals surface area contributed by atoms with Gasteiger partial charge in [-0.2, -0.15) is 0 Å². The third-order valence-electron chi connectivity index (χ3n) is 4.82. The lowest BCUT2D eigenvalue weighted by molar-refractivity contribution is 0.0955. The Bertz CT molecular complexity index is 916. The Labute approximate surface area is 139 Å². The molecule has 0 saturated carbocycles. The van der Waals surface area contributed by atoms with Gasteiger partial charge in [0.2, 0.25) is 5.78 Å². The summed E-state index contributed by atoms with van der Waals surface area (Å²) in [6, 6.07) is 9.81. The van der Waals surface area contributed by atoms with Crippen LogP contribution in [0.4, 0.5) is 0 Å². The molecule has 24 heavy (non-hydrogen) atoms. The second kappa shape index (κ2) is 5.41. The molecule has 4 heteroatoms. The SMILES string of the molecule is CC1=CC(=O)c2c3c(n(Cc4ccccc4)c2C1=O)CCCC3=O. The van der Waals surface area contributed by atoms with E-state index in [4.69, 9.17) is 0 Å². The quantitative estimate of drug-likeness (QED) is 0.852. The maximum absolute atomic E-state index is 12.7. The molecule has 0 bridgehead atoms. The smallest absolute Gasteiger partial charge is 0.206 e. The molecule has 0 saturated heterocycles. The minimum Gasteiger partial charge on any atom is -0.336 e. The fourth-order valence-electron chi connectivity index (χ4n) is 3.71. The number of rotatable bonds is 2. The lowest BCUT2D eigenvalue weighted by Gasteiger charge is -2.16. The topological polar surface area (TPSA) is 56.1 Å². The first-order valence-electron chi connectivity index (χ1n) is 8.17. The molecule has 0 unspecified atom stereocenters. The van der Waals surface area contributed by atoms with Gasteiger partial charge < -0.3 is 4.57 Å². The lowest BCUT2D eigenvalue weighted by Crippen LogP contribution is -2.20. The Morgan fingerprint density at radius 2 is 1.75 bits per heavy atom. The van der Waals surface area contributed by atoms with E-state index in [0.717, 1.165) is 24.1 Å². The van der Waals surface area contributed by atoms with Crippen LogP contribution in [0.5, 0.6) is 0 Å². The van der Waals surface area contributed by atoms with Crippen LogP contribution in [-0.4, -0.2) is 21.9 Å². The second-order valence-electron chi connectivity index (χ2n) is 6.41. The molecule has 2 aromatic rings. The number of Topliss-reactive ketones (excluding diaryl/α,β-unsaturated/α-hetero) is 2. The Balaban J connectivity index is 1.97. The fourth-order valence-corrected chi connectivity index (χ4v) is 3.71. The zero-order chi connectivity index (χ0) is 16.8. The summed E-state index contributed by atoms with van der Waals surface area (Å²) in [5.41, 5.74) is 3.51. The van der Waals surface area contributed by atoms with Gasteiger partial charge >= 0.3 is 0 Å². The highest BCUT2D eigenvalue weighted by atomic mass is 16.1. The first kappa shape index (κ1) is 14.8. The largest absolute Gasteiger partial charge is 0.336 e. The van der Waals surface area contributed by atoms with Crippen molar-refractivity contribution >= 4 is 17.3 Å². The van der Waals surface area contributed by atoms with Crippen LogP contribution in [0.15, 0.2) is 42.0 Å². The summed E-state index contributed by atoms with van der Waals surface area (Å²) < 4.78 is 1.90. The fraction of sp³-hybridized carbons (Fsp3) is 0.250. The zero-order valence-corrected chi connectivity index (χ0v) is 13.5. The van der Waals surface area contributed by atoms with Crippen LogP contribution in [0.25, 0.3) is 0 Å². The average Bonchev–Trinajstić information content (AvgIpc) is 2.90. The number of ketones is 3. The molecule has 4 rings (SSSR count). The van der Waals surface area contributed by atoms with Crippen LogP contribution in [0.1, 0.15) is 62.2 Å². The average molecular weight is 319 g/mol. The summed E-state index contributed by atoms with van der Waals surface area (Å²) in [7, 11) is 0. The predicted octanol–water partition coefficient (Wildman–Crippen LogP) is 3.38. The van der Waals surface area contributed by atoms with Gasteiger partial charge in [-0.05, 0) is 31.4 Å². The number of hydrogen-bond acceptors (Lipinski definition) is 3. The molecule has 0 radical (unpaired) electrons. The van der Waals surface area contributed by atoms with Crippen LogP contribution in [0.3, 0.4) is 0 Å². The van der Waals surface area contributed by atoms with E-state index < -0.39 is 0 Å². The first-order chi connectivity index (χ1) is 11.6. The predicted molar refractivity (Wildman–Crippen MR) is 89.7 cm³/mol. The molecule has 2 aliphatic rings. The lowest BCUT2D eigenvalue weighted by atomic mass is 9.88. The molecular formula is C20H17NO3. The number of fused-ring (bicyclic) bond motifs is 3. The summed E-state index contributed by atoms with van der Waals surface area (Å²) in [4.78, 5) is 37.7. The van der Waals surface area contributed by atoms with Crippen molar-refractivity contribution < 1.29 is 14.4 Å². The van der Waals surface area contributed by atoms with Gasteiger partial charge in [-0.15, -0.1) is 0 Å². The van der Waals surface area contributed by atoms with Crippen LogP contribution in [0, 0.1) is 0 Å². The van der Waals surface area contributed by atoms with E-state index in [2.05, 4.69) is 0 Å². The molecule has 0 fully saturated rings. The molecule has 0 N–H and O–H groups in total. The van der Waals surface area contributed by atoms with Gasteiger partial charge in [-0.1, -0.05) is 30.3 Å². The zero-order valence-electron chi connectivity index (χ0n) is 13.5. The number of carbonyl (C=O) groups is 3. The van der Waals surface area contributed by atoms with Crippen molar-refractivity contribution in [3.05, 3.63) is 70.1 Å². The summed E-state index contributed by atoms with van der Waals surface area (Å²) in [5, 5.41) is 0. The van der Waals surface area contributed by atoms with Crippen LogP contribution in [-0.2, 0) is 13.0 Å². The van der Waals surface area contributed by atoms with E-state index in [1.807, 2.05) is 34.9 Å². The molecule has 4 nitrogen and oxygen atoms in total. The van der Waals surface area contributed by atoms with Gasteiger partial charge in [-0.25, -0.2) is 0 Å². The third kappa shape index (κ3) is 2.10. The molecule has 1 aromatic carbocycles. The van der Waals surface area contributed by atoms with Crippen molar-refractivity contribution in [2.24, 2.45) is 0 Å². The van der Waals surface area contributed by atoms with E-state index in [-0.39, 0.29) is 17.3 Å². The van der Waals surface area contributed by atoms with Gasteiger partial charge in [0.25, 0.3) is 0 Å². The van der Waals surface area contributed by atoms with E-state index in [1.54, 1.807) is 6.92 Å². The minimum atomic E-state index is -0.222. The Morgan fingerprint density at radius 3 is 2.50 bits per heavy atom.